The number of nitrogens with zero attached hydrogens (tertiary/aromatic N) is 2. The molecule has 0 aliphatic carbocycles. The number of methoxy groups -OCH3 is 1. The maximum Gasteiger partial charge on any atom is 0.190 e. The van der Waals surface area contributed by atoms with Crippen LogP contribution in [0.15, 0.2) is 52.6 Å². The predicted molar refractivity (Wildman–Crippen MR) is 98.9 cm³/mol. The SMILES string of the molecule is COc1c(Cl)nc(SCc2ccc3ccccc3c2)nc1SC. The van der Waals surface area contributed by atoms with Gasteiger partial charge in [0.05, 0.1) is 7.11 Å². The van der Waals surface area contributed by atoms with E-state index < -0.39 is 0 Å². The number of rotatable bonds is 5. The topological polar surface area (TPSA) is 35.0 Å². The van der Waals surface area contributed by atoms with E-state index >= 15 is 0 Å². The van der Waals surface area contributed by atoms with Crippen molar-refractivity contribution in [1.29, 1.82) is 0 Å². The van der Waals surface area contributed by atoms with Gasteiger partial charge in [0.1, 0.15) is 5.03 Å². The monoisotopic (exact) mass is 362 g/mol. The number of hydrogen-bond acceptors (Lipinski definition) is 5. The first-order valence-corrected chi connectivity index (χ1v) is 9.56. The van der Waals surface area contributed by atoms with E-state index in [1.165, 1.54) is 28.1 Å². The quantitative estimate of drug-likeness (QED) is 0.349. The number of aromatic nitrogens is 2. The number of thioether (sulfide) groups is 2. The van der Waals surface area contributed by atoms with Gasteiger partial charge in [0, 0.05) is 5.75 Å². The average Bonchev–Trinajstić information content (AvgIpc) is 2.59. The van der Waals surface area contributed by atoms with Gasteiger partial charge >= 0.3 is 0 Å². The van der Waals surface area contributed by atoms with Crippen molar-refractivity contribution in [3.8, 4) is 5.75 Å². The van der Waals surface area contributed by atoms with E-state index in [9.17, 15) is 0 Å². The van der Waals surface area contributed by atoms with Gasteiger partial charge in [0.15, 0.2) is 16.1 Å². The maximum absolute atomic E-state index is 6.17. The minimum atomic E-state index is 0.355. The Morgan fingerprint density at radius 1 is 1.09 bits per heavy atom. The summed E-state index contributed by atoms with van der Waals surface area (Å²) in [6, 6.07) is 14.8. The Morgan fingerprint density at radius 3 is 2.61 bits per heavy atom. The van der Waals surface area contributed by atoms with Crippen molar-refractivity contribution >= 4 is 45.9 Å². The lowest BCUT2D eigenvalue weighted by molar-refractivity contribution is 0.396. The van der Waals surface area contributed by atoms with E-state index in [1.807, 2.05) is 12.3 Å². The van der Waals surface area contributed by atoms with Crippen LogP contribution in [-0.2, 0) is 5.75 Å². The Labute approximate surface area is 148 Å². The van der Waals surface area contributed by atoms with Gasteiger partial charge in [-0.05, 0) is 22.6 Å². The first-order valence-electron chi connectivity index (χ1n) is 6.97. The minimum Gasteiger partial charge on any atom is -0.491 e. The molecule has 0 amide bonds. The molecule has 0 fully saturated rings. The molecule has 0 spiro atoms. The zero-order valence-corrected chi connectivity index (χ0v) is 15.1. The van der Waals surface area contributed by atoms with Crippen LogP contribution >= 0.6 is 35.1 Å². The van der Waals surface area contributed by atoms with E-state index in [0.717, 1.165) is 10.8 Å². The zero-order valence-electron chi connectivity index (χ0n) is 12.7. The molecule has 0 saturated carbocycles. The van der Waals surface area contributed by atoms with E-state index in [2.05, 4.69) is 46.4 Å². The molecule has 0 aliphatic heterocycles. The Morgan fingerprint density at radius 2 is 1.87 bits per heavy atom. The van der Waals surface area contributed by atoms with Crippen molar-refractivity contribution in [3.05, 3.63) is 53.2 Å². The van der Waals surface area contributed by atoms with Crippen molar-refractivity contribution < 1.29 is 4.74 Å². The molecule has 3 rings (SSSR count). The molecule has 0 radical (unpaired) electrons. The Kier molecular flexibility index (Phi) is 5.30. The fourth-order valence-corrected chi connectivity index (χ4v) is 3.98. The van der Waals surface area contributed by atoms with E-state index in [-0.39, 0.29) is 0 Å². The Hall–Kier alpha value is -1.43. The molecular weight excluding hydrogens is 348 g/mol. The molecule has 0 saturated heterocycles. The maximum atomic E-state index is 6.17. The van der Waals surface area contributed by atoms with E-state index in [4.69, 9.17) is 16.3 Å². The molecule has 118 valence electrons. The standard InChI is InChI=1S/C17H15ClN2OS2/c1-21-14-15(18)19-17(20-16(14)22-2)23-10-11-7-8-12-5-3-4-6-13(12)9-11/h3-9H,10H2,1-2H3. The number of halogens is 1. The van der Waals surface area contributed by atoms with Crippen LogP contribution in [0.4, 0.5) is 0 Å². The molecule has 3 aromatic rings. The molecular formula is C17H15ClN2OS2. The summed E-state index contributed by atoms with van der Waals surface area (Å²) in [5, 5.41) is 4.26. The molecule has 1 heterocycles. The molecule has 0 unspecified atom stereocenters. The Bertz CT molecular complexity index is 842. The van der Waals surface area contributed by atoms with Crippen LogP contribution in [0.5, 0.6) is 5.75 Å². The highest BCUT2D eigenvalue weighted by Gasteiger charge is 2.13. The fourth-order valence-electron chi connectivity index (χ4n) is 2.24. The second-order valence-electron chi connectivity index (χ2n) is 4.81. The summed E-state index contributed by atoms with van der Waals surface area (Å²) >= 11 is 9.24. The van der Waals surface area contributed by atoms with Gasteiger partial charge in [0.25, 0.3) is 0 Å². The summed E-state index contributed by atoms with van der Waals surface area (Å²) in [6.07, 6.45) is 1.94. The summed E-state index contributed by atoms with van der Waals surface area (Å²) in [5.74, 6) is 1.33. The molecule has 6 heteroatoms. The van der Waals surface area contributed by atoms with Crippen molar-refractivity contribution in [3.63, 3.8) is 0 Å². The van der Waals surface area contributed by atoms with Crippen molar-refractivity contribution in [2.75, 3.05) is 13.4 Å². The van der Waals surface area contributed by atoms with Gasteiger partial charge in [-0.15, -0.1) is 11.8 Å². The third kappa shape index (κ3) is 3.74. The Balaban J connectivity index is 1.80. The normalized spacial score (nSPS) is 10.9. The highest BCUT2D eigenvalue weighted by Crippen LogP contribution is 2.34. The van der Waals surface area contributed by atoms with Gasteiger partial charge in [0.2, 0.25) is 0 Å². The molecule has 0 bridgehead atoms. The number of benzene rings is 2. The summed E-state index contributed by atoms with van der Waals surface area (Å²) in [4.78, 5) is 8.81. The molecule has 23 heavy (non-hydrogen) atoms. The average molecular weight is 363 g/mol. The van der Waals surface area contributed by atoms with Gasteiger partial charge < -0.3 is 4.74 Å². The largest absolute Gasteiger partial charge is 0.491 e. The van der Waals surface area contributed by atoms with Crippen LogP contribution < -0.4 is 4.74 Å². The first-order chi connectivity index (χ1) is 11.2. The van der Waals surface area contributed by atoms with Crippen LogP contribution in [-0.4, -0.2) is 23.3 Å². The van der Waals surface area contributed by atoms with Crippen molar-refractivity contribution in [1.82, 2.24) is 9.97 Å². The fraction of sp³-hybridized carbons (Fsp3) is 0.176. The van der Waals surface area contributed by atoms with Gasteiger partial charge in [-0.25, -0.2) is 9.97 Å². The lowest BCUT2D eigenvalue weighted by Crippen LogP contribution is -1.96. The first kappa shape index (κ1) is 16.4. The molecule has 0 atom stereocenters. The van der Waals surface area contributed by atoms with Crippen LogP contribution in [0.25, 0.3) is 10.8 Å². The van der Waals surface area contributed by atoms with Crippen molar-refractivity contribution in [2.45, 2.75) is 15.9 Å². The summed E-state index contributed by atoms with van der Waals surface area (Å²) < 4.78 is 5.25. The summed E-state index contributed by atoms with van der Waals surface area (Å²) in [7, 11) is 1.58. The smallest absolute Gasteiger partial charge is 0.190 e. The zero-order chi connectivity index (χ0) is 16.2. The molecule has 2 aromatic carbocycles. The molecule has 1 aromatic heterocycles. The second kappa shape index (κ2) is 7.43. The number of ether oxygens (including phenoxy) is 1. The van der Waals surface area contributed by atoms with Crippen LogP contribution in [0.2, 0.25) is 5.15 Å². The van der Waals surface area contributed by atoms with E-state index in [1.54, 1.807) is 18.9 Å². The highest BCUT2D eigenvalue weighted by molar-refractivity contribution is 7.99. The third-order valence-electron chi connectivity index (χ3n) is 3.35. The molecule has 0 N–H and O–H groups in total. The van der Waals surface area contributed by atoms with Crippen LogP contribution in [0.3, 0.4) is 0 Å². The third-order valence-corrected chi connectivity index (χ3v) is 5.19. The highest BCUT2D eigenvalue weighted by atomic mass is 35.5. The molecule has 3 nitrogen and oxygen atoms in total. The summed E-state index contributed by atoms with van der Waals surface area (Å²) in [6.45, 7) is 0. The van der Waals surface area contributed by atoms with E-state index in [0.29, 0.717) is 16.1 Å². The minimum absolute atomic E-state index is 0.355. The lowest BCUT2D eigenvalue weighted by Gasteiger charge is -2.09. The molecule has 0 aliphatic rings. The number of hydrogen-bond donors (Lipinski definition) is 0. The summed E-state index contributed by atoms with van der Waals surface area (Å²) in [5.41, 5.74) is 1.23. The van der Waals surface area contributed by atoms with Gasteiger partial charge in [-0.3, -0.25) is 0 Å². The van der Waals surface area contributed by atoms with Gasteiger partial charge in [-0.1, -0.05) is 65.8 Å². The number of fused-ring (bicyclic) bond motifs is 1. The van der Waals surface area contributed by atoms with Gasteiger partial charge in [-0.2, -0.15) is 0 Å². The lowest BCUT2D eigenvalue weighted by atomic mass is 10.1. The predicted octanol–water partition coefficient (Wildman–Crippen LogP) is 5.31. The second-order valence-corrected chi connectivity index (χ2v) is 6.91. The van der Waals surface area contributed by atoms with Crippen LogP contribution in [0, 0.1) is 0 Å². The van der Waals surface area contributed by atoms with Crippen LogP contribution in [0.1, 0.15) is 5.56 Å². The van der Waals surface area contributed by atoms with Crippen molar-refractivity contribution in [2.24, 2.45) is 0 Å².